The van der Waals surface area contributed by atoms with Crippen molar-refractivity contribution in [1.82, 2.24) is 4.57 Å². The Morgan fingerprint density at radius 2 is 1.46 bits per heavy atom. The minimum Gasteiger partial charge on any atom is -0.319 e. The number of aryl methyl sites for hydroxylation is 3. The van der Waals surface area contributed by atoms with E-state index >= 15 is 0 Å². The van der Waals surface area contributed by atoms with Crippen LogP contribution in [0.25, 0.3) is 11.3 Å². The Bertz CT molecular complexity index is 945. The van der Waals surface area contributed by atoms with Gasteiger partial charge in [-0.05, 0) is 38.5 Å². The molecule has 0 radical (unpaired) electrons. The number of benzene rings is 2. The smallest absolute Gasteiger partial charge is 0.279 e. The van der Waals surface area contributed by atoms with Crippen LogP contribution >= 0.6 is 11.3 Å². The normalized spacial score (nSPS) is 11.8. The number of nitrogens with zero attached hydrogens (tertiary/aromatic N) is 2. The average Bonchev–Trinajstić information content (AvgIpc) is 2.83. The quantitative estimate of drug-likeness (QED) is 0.682. The second kappa shape index (κ2) is 6.57. The first-order valence-electron chi connectivity index (χ1n) is 7.85. The van der Waals surface area contributed by atoms with Crippen molar-refractivity contribution in [2.45, 2.75) is 20.8 Å². The number of carbonyl (C=O) groups excluding carboxylic acids is 1. The Hall–Kier alpha value is -2.46. The maximum atomic E-state index is 12.4. The van der Waals surface area contributed by atoms with Crippen LogP contribution in [0.4, 0.5) is 0 Å². The minimum absolute atomic E-state index is 0.206. The lowest BCUT2D eigenvalue weighted by Gasteiger charge is -2.05. The average molecular weight is 336 g/mol. The zero-order chi connectivity index (χ0) is 17.3. The molecule has 0 unspecified atom stereocenters. The number of hydrogen-bond donors (Lipinski definition) is 0. The maximum Gasteiger partial charge on any atom is 0.279 e. The highest BCUT2D eigenvalue weighted by atomic mass is 32.1. The summed E-state index contributed by atoms with van der Waals surface area (Å²) in [7, 11) is 1.96. The minimum atomic E-state index is -0.206. The Morgan fingerprint density at radius 1 is 0.917 bits per heavy atom. The van der Waals surface area contributed by atoms with Crippen molar-refractivity contribution in [1.29, 1.82) is 0 Å². The fourth-order valence-corrected chi connectivity index (χ4v) is 3.62. The molecule has 0 saturated heterocycles. The predicted octanol–water partition coefficient (Wildman–Crippen LogP) is 4.42. The van der Waals surface area contributed by atoms with E-state index in [2.05, 4.69) is 43.1 Å². The van der Waals surface area contributed by atoms with E-state index in [9.17, 15) is 4.79 Å². The summed E-state index contributed by atoms with van der Waals surface area (Å²) in [6.07, 6.45) is 0. The summed E-state index contributed by atoms with van der Waals surface area (Å²) >= 11 is 1.54. The van der Waals surface area contributed by atoms with Gasteiger partial charge in [-0.25, -0.2) is 0 Å². The molecule has 0 spiro atoms. The molecule has 0 atom stereocenters. The van der Waals surface area contributed by atoms with E-state index < -0.39 is 0 Å². The monoisotopic (exact) mass is 336 g/mol. The van der Waals surface area contributed by atoms with Crippen molar-refractivity contribution >= 4 is 17.2 Å². The van der Waals surface area contributed by atoms with Crippen LogP contribution in [0.2, 0.25) is 0 Å². The number of hydrogen-bond acceptors (Lipinski definition) is 2. The molecule has 3 aromatic rings. The van der Waals surface area contributed by atoms with Gasteiger partial charge in [-0.2, -0.15) is 4.99 Å². The molecule has 0 aliphatic heterocycles. The summed E-state index contributed by atoms with van der Waals surface area (Å²) < 4.78 is 2.00. The van der Waals surface area contributed by atoms with Crippen LogP contribution in [0.15, 0.2) is 53.5 Å². The molecule has 122 valence electrons. The number of amides is 1. The second-order valence-electron chi connectivity index (χ2n) is 6.00. The number of rotatable bonds is 2. The topological polar surface area (TPSA) is 34.4 Å². The SMILES string of the molecule is Cc1ccc(C(=O)N=c2sc(C)c(-c3ccc(C)cc3)n2C)cc1. The Labute approximate surface area is 145 Å². The van der Waals surface area contributed by atoms with Gasteiger partial charge < -0.3 is 4.57 Å². The molecule has 0 fully saturated rings. The van der Waals surface area contributed by atoms with Crippen LogP contribution < -0.4 is 4.80 Å². The van der Waals surface area contributed by atoms with Gasteiger partial charge in [0, 0.05) is 17.5 Å². The van der Waals surface area contributed by atoms with Crippen LogP contribution in [-0.4, -0.2) is 10.5 Å². The van der Waals surface area contributed by atoms with Crippen molar-refractivity contribution in [2.24, 2.45) is 12.0 Å². The molecule has 1 amide bonds. The second-order valence-corrected chi connectivity index (χ2v) is 7.18. The van der Waals surface area contributed by atoms with Gasteiger partial charge in [0.2, 0.25) is 0 Å². The van der Waals surface area contributed by atoms with Crippen LogP contribution in [0.1, 0.15) is 26.4 Å². The van der Waals surface area contributed by atoms with Crippen LogP contribution in [0.5, 0.6) is 0 Å². The fourth-order valence-electron chi connectivity index (χ4n) is 2.64. The predicted molar refractivity (Wildman–Crippen MR) is 99.3 cm³/mol. The maximum absolute atomic E-state index is 12.4. The first-order chi connectivity index (χ1) is 11.5. The van der Waals surface area contributed by atoms with Gasteiger partial charge in [-0.15, -0.1) is 11.3 Å². The molecule has 3 rings (SSSR count). The molecule has 3 nitrogen and oxygen atoms in total. The van der Waals surface area contributed by atoms with Crippen molar-refractivity contribution in [3.8, 4) is 11.3 Å². The molecule has 0 aliphatic rings. The molecule has 2 aromatic carbocycles. The third-order valence-electron chi connectivity index (χ3n) is 4.02. The lowest BCUT2D eigenvalue weighted by atomic mass is 10.1. The van der Waals surface area contributed by atoms with Gasteiger partial charge in [0.25, 0.3) is 5.91 Å². The van der Waals surface area contributed by atoms with Crippen molar-refractivity contribution < 1.29 is 4.79 Å². The molecular formula is C20H20N2OS. The molecule has 0 N–H and O–H groups in total. The lowest BCUT2D eigenvalue weighted by molar-refractivity contribution is 0.0998. The van der Waals surface area contributed by atoms with Crippen molar-refractivity contribution in [3.63, 3.8) is 0 Å². The number of aromatic nitrogens is 1. The van der Waals surface area contributed by atoms with E-state index in [1.807, 2.05) is 42.8 Å². The van der Waals surface area contributed by atoms with Gasteiger partial charge in [0.15, 0.2) is 4.80 Å². The molecule has 0 saturated carbocycles. The molecular weight excluding hydrogens is 316 g/mol. The molecule has 1 heterocycles. The highest BCUT2D eigenvalue weighted by Gasteiger charge is 2.11. The van der Waals surface area contributed by atoms with Crippen LogP contribution in [0, 0.1) is 20.8 Å². The summed E-state index contributed by atoms with van der Waals surface area (Å²) in [5.74, 6) is -0.206. The van der Waals surface area contributed by atoms with Gasteiger partial charge in [0.1, 0.15) is 0 Å². The Balaban J connectivity index is 2.03. The first-order valence-corrected chi connectivity index (χ1v) is 8.66. The fraction of sp³-hybridized carbons (Fsp3) is 0.200. The standard InChI is InChI=1S/C20H20N2OS/c1-13-5-9-16(10-6-13)18-15(3)24-20(22(18)4)21-19(23)17-11-7-14(2)8-12-17/h5-12H,1-4H3. The molecule has 4 heteroatoms. The summed E-state index contributed by atoms with van der Waals surface area (Å²) in [6.45, 7) is 6.14. The van der Waals surface area contributed by atoms with E-state index in [4.69, 9.17) is 0 Å². The van der Waals surface area contributed by atoms with Crippen LogP contribution in [-0.2, 0) is 7.05 Å². The Morgan fingerprint density at radius 3 is 2.04 bits per heavy atom. The molecule has 0 aliphatic carbocycles. The first kappa shape index (κ1) is 16.4. The van der Waals surface area contributed by atoms with Crippen molar-refractivity contribution in [2.75, 3.05) is 0 Å². The third-order valence-corrected chi connectivity index (χ3v) is 5.07. The Kier molecular flexibility index (Phi) is 4.49. The number of carbonyl (C=O) groups is 1. The van der Waals surface area contributed by atoms with E-state index in [1.165, 1.54) is 5.56 Å². The van der Waals surface area contributed by atoms with Gasteiger partial charge in [-0.3, -0.25) is 4.79 Å². The molecule has 0 bridgehead atoms. The van der Waals surface area contributed by atoms with Gasteiger partial charge in [-0.1, -0.05) is 47.5 Å². The highest BCUT2D eigenvalue weighted by Crippen LogP contribution is 2.24. The highest BCUT2D eigenvalue weighted by molar-refractivity contribution is 7.09. The van der Waals surface area contributed by atoms with Gasteiger partial charge in [0.05, 0.1) is 5.69 Å². The number of thiazole rings is 1. The largest absolute Gasteiger partial charge is 0.319 e. The van der Waals surface area contributed by atoms with E-state index in [0.29, 0.717) is 10.4 Å². The van der Waals surface area contributed by atoms with E-state index in [1.54, 1.807) is 11.3 Å². The van der Waals surface area contributed by atoms with Crippen LogP contribution in [0.3, 0.4) is 0 Å². The van der Waals surface area contributed by atoms with Crippen molar-refractivity contribution in [3.05, 3.63) is 74.9 Å². The summed E-state index contributed by atoms with van der Waals surface area (Å²) in [5.41, 5.74) is 5.22. The summed E-state index contributed by atoms with van der Waals surface area (Å²) in [5, 5.41) is 0. The zero-order valence-corrected chi connectivity index (χ0v) is 15.1. The molecule has 1 aromatic heterocycles. The molecule has 24 heavy (non-hydrogen) atoms. The van der Waals surface area contributed by atoms with E-state index in [-0.39, 0.29) is 5.91 Å². The summed E-state index contributed by atoms with van der Waals surface area (Å²) in [4.78, 5) is 18.6. The van der Waals surface area contributed by atoms with Gasteiger partial charge >= 0.3 is 0 Å². The lowest BCUT2D eigenvalue weighted by Crippen LogP contribution is -2.14. The van der Waals surface area contributed by atoms with E-state index in [0.717, 1.165) is 21.7 Å². The summed E-state index contributed by atoms with van der Waals surface area (Å²) in [6, 6.07) is 15.9. The third kappa shape index (κ3) is 3.24. The zero-order valence-electron chi connectivity index (χ0n) is 14.3.